The number of nitrogens with zero attached hydrogens (tertiary/aromatic N) is 4. The molecular formula is C24H29N5OS. The van der Waals surface area contributed by atoms with E-state index in [1.807, 2.05) is 0 Å². The van der Waals surface area contributed by atoms with Crippen molar-refractivity contribution in [1.82, 2.24) is 24.6 Å². The van der Waals surface area contributed by atoms with Crippen LogP contribution in [0, 0.1) is 0 Å². The molecule has 0 bridgehead atoms. The highest BCUT2D eigenvalue weighted by Gasteiger charge is 2.37. The van der Waals surface area contributed by atoms with Crippen molar-refractivity contribution in [1.29, 1.82) is 0 Å². The van der Waals surface area contributed by atoms with Gasteiger partial charge in [0.2, 0.25) is 5.91 Å². The maximum absolute atomic E-state index is 13.1. The molecule has 1 fully saturated rings. The highest BCUT2D eigenvalue weighted by molar-refractivity contribution is 7.99. The number of hydrogen-bond donors (Lipinski definition) is 1. The summed E-state index contributed by atoms with van der Waals surface area (Å²) in [5, 5.41) is 8.87. The molecule has 162 valence electrons. The van der Waals surface area contributed by atoms with Crippen LogP contribution in [0.2, 0.25) is 0 Å². The van der Waals surface area contributed by atoms with Crippen LogP contribution in [0.4, 0.5) is 0 Å². The van der Waals surface area contributed by atoms with Gasteiger partial charge in [-0.05, 0) is 61.3 Å². The zero-order chi connectivity index (χ0) is 20.8. The molecule has 0 spiro atoms. The van der Waals surface area contributed by atoms with Crippen molar-refractivity contribution in [3.05, 3.63) is 41.3 Å². The van der Waals surface area contributed by atoms with E-state index in [0.717, 1.165) is 38.3 Å². The van der Waals surface area contributed by atoms with Gasteiger partial charge >= 0.3 is 0 Å². The van der Waals surface area contributed by atoms with Gasteiger partial charge in [-0.1, -0.05) is 37.1 Å². The van der Waals surface area contributed by atoms with E-state index in [1.165, 1.54) is 77.9 Å². The summed E-state index contributed by atoms with van der Waals surface area (Å²) in [5.41, 5.74) is 5.82. The number of nitrogens with one attached hydrogen (secondary N) is 1. The zero-order valence-corrected chi connectivity index (χ0v) is 18.7. The van der Waals surface area contributed by atoms with Crippen molar-refractivity contribution >= 4 is 28.6 Å². The SMILES string of the molecule is O=C(CSc1ncn[nH]1)N1CCn2c3c(c4cc(C5CCCCC5)ccc42)CCC[C@H]31. The number of aromatic amines is 1. The maximum atomic E-state index is 13.1. The van der Waals surface area contributed by atoms with Gasteiger partial charge in [0, 0.05) is 29.7 Å². The summed E-state index contributed by atoms with van der Waals surface area (Å²) < 4.78 is 2.52. The van der Waals surface area contributed by atoms with E-state index in [9.17, 15) is 4.79 Å². The van der Waals surface area contributed by atoms with Crippen LogP contribution >= 0.6 is 11.8 Å². The Kier molecular flexibility index (Phi) is 5.01. The van der Waals surface area contributed by atoms with Gasteiger partial charge in [-0.25, -0.2) is 4.98 Å². The topological polar surface area (TPSA) is 66.8 Å². The first kappa shape index (κ1) is 19.4. The third-order valence-electron chi connectivity index (χ3n) is 7.52. The van der Waals surface area contributed by atoms with E-state index >= 15 is 0 Å². The number of hydrogen-bond acceptors (Lipinski definition) is 4. The third kappa shape index (κ3) is 3.37. The summed E-state index contributed by atoms with van der Waals surface area (Å²) in [5.74, 6) is 1.35. The number of amides is 1. The van der Waals surface area contributed by atoms with Crippen molar-refractivity contribution in [2.45, 2.75) is 75.0 Å². The lowest BCUT2D eigenvalue weighted by atomic mass is 9.83. The quantitative estimate of drug-likeness (QED) is 0.597. The summed E-state index contributed by atoms with van der Waals surface area (Å²) in [4.78, 5) is 19.4. The molecule has 2 aromatic heterocycles. The zero-order valence-electron chi connectivity index (χ0n) is 17.8. The molecule has 1 N–H and O–H groups in total. The normalized spacial score (nSPS) is 21.4. The summed E-state index contributed by atoms with van der Waals surface area (Å²) in [6.45, 7) is 1.69. The van der Waals surface area contributed by atoms with Crippen molar-refractivity contribution in [3.8, 4) is 0 Å². The molecule has 6 rings (SSSR count). The van der Waals surface area contributed by atoms with Crippen LogP contribution < -0.4 is 0 Å². The second kappa shape index (κ2) is 8.01. The summed E-state index contributed by atoms with van der Waals surface area (Å²) in [7, 11) is 0. The standard InChI is InChI=1S/C24H29N5OS/c30-22(14-31-24-25-15-26-27-24)28-11-12-29-20-10-9-17(16-5-2-1-3-6-16)13-19(20)18-7-4-8-21(28)23(18)29/h9-10,13,15-16,21H,1-8,11-12,14H2,(H,25,26,27)/t21-/m1/s1. The molecule has 6 nitrogen and oxygen atoms in total. The molecule has 0 unspecified atom stereocenters. The van der Waals surface area contributed by atoms with Crippen LogP contribution in [0.1, 0.15) is 73.7 Å². The Morgan fingerprint density at radius 3 is 2.87 bits per heavy atom. The molecule has 3 aromatic rings. The van der Waals surface area contributed by atoms with Crippen LogP contribution in [-0.2, 0) is 17.8 Å². The lowest BCUT2D eigenvalue weighted by molar-refractivity contribution is -0.132. The fourth-order valence-corrected chi connectivity index (χ4v) is 6.75. The number of carbonyl (C=O) groups is 1. The van der Waals surface area contributed by atoms with Crippen LogP contribution in [-0.4, -0.2) is 42.9 Å². The van der Waals surface area contributed by atoms with E-state index in [0.29, 0.717) is 10.9 Å². The van der Waals surface area contributed by atoms with Gasteiger partial charge in [0.1, 0.15) is 6.33 Å². The van der Waals surface area contributed by atoms with E-state index in [-0.39, 0.29) is 11.9 Å². The molecule has 31 heavy (non-hydrogen) atoms. The number of aromatic nitrogens is 4. The molecule has 1 saturated carbocycles. The van der Waals surface area contributed by atoms with Gasteiger partial charge in [0.15, 0.2) is 5.16 Å². The number of fused-ring (bicyclic) bond motifs is 3. The van der Waals surface area contributed by atoms with Crippen LogP contribution in [0.3, 0.4) is 0 Å². The van der Waals surface area contributed by atoms with E-state index < -0.39 is 0 Å². The number of benzene rings is 1. The Hall–Kier alpha value is -2.28. The molecule has 1 aliphatic heterocycles. The molecule has 7 heteroatoms. The Morgan fingerprint density at radius 1 is 1.13 bits per heavy atom. The molecular weight excluding hydrogens is 406 g/mol. The average Bonchev–Trinajstić information content (AvgIpc) is 3.46. The molecule has 3 heterocycles. The monoisotopic (exact) mass is 435 g/mol. The van der Waals surface area contributed by atoms with E-state index in [2.05, 4.69) is 42.8 Å². The average molecular weight is 436 g/mol. The lowest BCUT2D eigenvalue weighted by Crippen LogP contribution is -2.44. The molecule has 0 radical (unpaired) electrons. The Balaban J connectivity index is 1.31. The number of rotatable bonds is 4. The fraction of sp³-hybridized carbons (Fsp3) is 0.542. The van der Waals surface area contributed by atoms with Gasteiger partial charge in [0.25, 0.3) is 0 Å². The van der Waals surface area contributed by atoms with Crippen LogP contribution in [0.15, 0.2) is 29.7 Å². The van der Waals surface area contributed by atoms with Gasteiger partial charge < -0.3 is 9.47 Å². The second-order valence-electron chi connectivity index (χ2n) is 9.20. The predicted octanol–water partition coefficient (Wildman–Crippen LogP) is 4.82. The summed E-state index contributed by atoms with van der Waals surface area (Å²) >= 11 is 1.44. The second-order valence-corrected chi connectivity index (χ2v) is 10.2. The lowest BCUT2D eigenvalue weighted by Gasteiger charge is -2.40. The van der Waals surface area contributed by atoms with Crippen molar-refractivity contribution in [2.24, 2.45) is 0 Å². The third-order valence-corrected chi connectivity index (χ3v) is 8.38. The first-order valence-corrected chi connectivity index (χ1v) is 12.7. The highest BCUT2D eigenvalue weighted by Crippen LogP contribution is 2.44. The maximum Gasteiger partial charge on any atom is 0.233 e. The van der Waals surface area contributed by atoms with Gasteiger partial charge in [-0.3, -0.25) is 9.89 Å². The number of carbonyl (C=O) groups excluding carboxylic acids is 1. The summed E-state index contributed by atoms with van der Waals surface area (Å²) in [6.07, 6.45) is 11.6. The highest BCUT2D eigenvalue weighted by atomic mass is 32.2. The molecule has 2 aliphatic carbocycles. The van der Waals surface area contributed by atoms with Crippen LogP contribution in [0.25, 0.3) is 10.9 Å². The van der Waals surface area contributed by atoms with E-state index in [4.69, 9.17) is 0 Å². The largest absolute Gasteiger partial charge is 0.341 e. The number of H-pyrrole nitrogens is 1. The number of thioether (sulfide) groups is 1. The van der Waals surface area contributed by atoms with Gasteiger partial charge in [-0.15, -0.1) is 0 Å². The molecule has 1 amide bonds. The van der Waals surface area contributed by atoms with Crippen LogP contribution in [0.5, 0.6) is 0 Å². The molecule has 3 aliphatic rings. The van der Waals surface area contributed by atoms with Crippen molar-refractivity contribution in [3.63, 3.8) is 0 Å². The minimum absolute atomic E-state index is 0.207. The minimum Gasteiger partial charge on any atom is -0.341 e. The molecule has 1 atom stereocenters. The van der Waals surface area contributed by atoms with Gasteiger partial charge in [0.05, 0.1) is 11.8 Å². The first-order chi connectivity index (χ1) is 15.3. The van der Waals surface area contributed by atoms with Crippen molar-refractivity contribution in [2.75, 3.05) is 12.3 Å². The minimum atomic E-state index is 0.207. The molecule has 1 aromatic carbocycles. The fourth-order valence-electron chi connectivity index (χ4n) is 6.09. The van der Waals surface area contributed by atoms with Gasteiger partial charge in [-0.2, -0.15) is 5.10 Å². The first-order valence-electron chi connectivity index (χ1n) is 11.7. The summed E-state index contributed by atoms with van der Waals surface area (Å²) in [6, 6.07) is 7.46. The smallest absolute Gasteiger partial charge is 0.233 e. The van der Waals surface area contributed by atoms with Crippen molar-refractivity contribution < 1.29 is 4.79 Å². The predicted molar refractivity (Wildman–Crippen MR) is 122 cm³/mol. The van der Waals surface area contributed by atoms with E-state index in [1.54, 1.807) is 0 Å². The number of aryl methyl sites for hydroxylation is 1. The molecule has 0 saturated heterocycles. The Morgan fingerprint density at radius 2 is 2.03 bits per heavy atom. The Bertz CT molecular complexity index is 1100. The Labute approximate surface area is 186 Å².